The molecule has 3 aliphatic heterocycles. The van der Waals surface area contributed by atoms with E-state index in [0.717, 1.165) is 36.8 Å². The van der Waals surface area contributed by atoms with Gasteiger partial charge in [-0.15, -0.1) is 13.2 Å². The molecule has 3 heterocycles. The second kappa shape index (κ2) is 7.37. The average Bonchev–Trinajstić information content (AvgIpc) is 3.10. The second-order valence-electron chi connectivity index (χ2n) is 8.49. The standard InChI is InChI=1S/C20H26N2O3.C2H4/c1-20(2,3)25-19(24)22-14-8-9-15(22)11-16(10-14)21-12-13-6-4-5-7-17(13)18(21)23;1-2/h4-7,14-16H,8-12H2,1-3H3;1-2H2. The molecule has 2 saturated heterocycles. The van der Waals surface area contributed by atoms with Crippen molar-refractivity contribution in [3.05, 3.63) is 48.6 Å². The van der Waals surface area contributed by atoms with Crippen LogP contribution in [0.15, 0.2) is 37.4 Å². The van der Waals surface area contributed by atoms with Crippen LogP contribution in [-0.4, -0.2) is 45.5 Å². The van der Waals surface area contributed by atoms with Crippen LogP contribution in [0.5, 0.6) is 0 Å². The van der Waals surface area contributed by atoms with Gasteiger partial charge in [-0.1, -0.05) is 18.2 Å². The monoisotopic (exact) mass is 370 g/mol. The number of fused-ring (bicyclic) bond motifs is 3. The summed E-state index contributed by atoms with van der Waals surface area (Å²) in [6.45, 7) is 12.4. The van der Waals surface area contributed by atoms with Gasteiger partial charge in [-0.05, 0) is 58.1 Å². The van der Waals surface area contributed by atoms with E-state index in [1.54, 1.807) is 0 Å². The average molecular weight is 370 g/mol. The van der Waals surface area contributed by atoms with Crippen molar-refractivity contribution in [2.24, 2.45) is 0 Å². The lowest BCUT2D eigenvalue weighted by Gasteiger charge is -2.42. The van der Waals surface area contributed by atoms with Crippen molar-refractivity contribution in [3.8, 4) is 0 Å². The smallest absolute Gasteiger partial charge is 0.410 e. The summed E-state index contributed by atoms with van der Waals surface area (Å²) < 4.78 is 5.60. The maximum absolute atomic E-state index is 12.8. The van der Waals surface area contributed by atoms with E-state index >= 15 is 0 Å². The molecule has 2 bridgehead atoms. The van der Waals surface area contributed by atoms with Crippen LogP contribution in [0.25, 0.3) is 0 Å². The molecule has 146 valence electrons. The molecule has 2 fully saturated rings. The van der Waals surface area contributed by atoms with Gasteiger partial charge in [-0.2, -0.15) is 0 Å². The lowest BCUT2D eigenvalue weighted by molar-refractivity contribution is -0.00272. The van der Waals surface area contributed by atoms with E-state index < -0.39 is 5.60 Å². The van der Waals surface area contributed by atoms with Crippen LogP contribution in [-0.2, 0) is 11.3 Å². The minimum absolute atomic E-state index is 0.144. The van der Waals surface area contributed by atoms with Crippen molar-refractivity contribution >= 4 is 12.0 Å². The van der Waals surface area contributed by atoms with Gasteiger partial charge in [0.15, 0.2) is 0 Å². The van der Waals surface area contributed by atoms with Crippen molar-refractivity contribution in [1.82, 2.24) is 9.80 Å². The Hall–Kier alpha value is -2.30. The number of amides is 2. The van der Waals surface area contributed by atoms with Crippen LogP contribution in [0.4, 0.5) is 4.79 Å². The predicted octanol–water partition coefficient (Wildman–Crippen LogP) is 4.38. The number of ether oxygens (including phenoxy) is 1. The minimum Gasteiger partial charge on any atom is -0.444 e. The molecule has 0 spiro atoms. The van der Waals surface area contributed by atoms with Crippen molar-refractivity contribution in [1.29, 1.82) is 0 Å². The number of carbonyl (C=O) groups excluding carboxylic acids is 2. The number of hydrogen-bond donors (Lipinski definition) is 0. The number of benzene rings is 1. The third-order valence-electron chi connectivity index (χ3n) is 5.60. The van der Waals surface area contributed by atoms with Crippen LogP contribution in [0.2, 0.25) is 0 Å². The molecule has 5 nitrogen and oxygen atoms in total. The number of piperidine rings is 1. The van der Waals surface area contributed by atoms with Crippen molar-refractivity contribution in [2.75, 3.05) is 0 Å². The molecule has 0 N–H and O–H groups in total. The molecule has 4 rings (SSSR count). The summed E-state index contributed by atoms with van der Waals surface area (Å²) in [5.74, 6) is 0.144. The minimum atomic E-state index is -0.472. The van der Waals surface area contributed by atoms with Crippen LogP contribution in [0.3, 0.4) is 0 Å². The van der Waals surface area contributed by atoms with Gasteiger partial charge < -0.3 is 14.5 Å². The fourth-order valence-electron chi connectivity index (χ4n) is 4.59. The Morgan fingerprint density at radius 3 is 2.22 bits per heavy atom. The van der Waals surface area contributed by atoms with Gasteiger partial charge in [0.1, 0.15) is 5.60 Å². The quantitative estimate of drug-likeness (QED) is 0.690. The highest BCUT2D eigenvalue weighted by Crippen LogP contribution is 2.40. The topological polar surface area (TPSA) is 49.9 Å². The van der Waals surface area contributed by atoms with Gasteiger partial charge >= 0.3 is 6.09 Å². The number of rotatable bonds is 1. The van der Waals surface area contributed by atoms with Crippen LogP contribution in [0.1, 0.15) is 62.4 Å². The summed E-state index contributed by atoms with van der Waals surface area (Å²) in [6.07, 6.45) is 3.53. The molecule has 0 radical (unpaired) electrons. The third kappa shape index (κ3) is 3.73. The van der Waals surface area contributed by atoms with E-state index in [-0.39, 0.29) is 30.1 Å². The van der Waals surface area contributed by atoms with Crippen molar-refractivity contribution in [2.45, 2.75) is 76.7 Å². The molecule has 5 heteroatoms. The van der Waals surface area contributed by atoms with Gasteiger partial charge in [-0.3, -0.25) is 4.79 Å². The SMILES string of the molecule is C=C.CC(C)(C)OC(=O)N1C2CCC1CC(N1Cc3ccccc3C1=O)C2. The Morgan fingerprint density at radius 1 is 1.07 bits per heavy atom. The predicted molar refractivity (Wildman–Crippen MR) is 105 cm³/mol. The molecule has 0 saturated carbocycles. The molecular weight excluding hydrogens is 340 g/mol. The van der Waals surface area contributed by atoms with Gasteiger partial charge in [0, 0.05) is 30.2 Å². The first-order valence-electron chi connectivity index (χ1n) is 9.73. The maximum atomic E-state index is 12.8. The first-order chi connectivity index (χ1) is 12.8. The van der Waals surface area contributed by atoms with Gasteiger partial charge in [0.05, 0.1) is 0 Å². The van der Waals surface area contributed by atoms with Crippen LogP contribution in [0, 0.1) is 0 Å². The fourth-order valence-corrected chi connectivity index (χ4v) is 4.59. The summed E-state index contributed by atoms with van der Waals surface area (Å²) in [6, 6.07) is 8.47. The molecular formula is C22H30N2O3. The summed E-state index contributed by atoms with van der Waals surface area (Å²) in [4.78, 5) is 29.3. The lowest BCUT2D eigenvalue weighted by atomic mass is 9.96. The molecule has 2 atom stereocenters. The molecule has 0 aliphatic carbocycles. The Labute approximate surface area is 162 Å². The van der Waals surface area contributed by atoms with Crippen molar-refractivity contribution in [3.63, 3.8) is 0 Å². The number of hydrogen-bond acceptors (Lipinski definition) is 3. The highest BCUT2D eigenvalue weighted by atomic mass is 16.6. The normalized spacial score (nSPS) is 26.3. The largest absolute Gasteiger partial charge is 0.444 e. The maximum Gasteiger partial charge on any atom is 0.410 e. The van der Waals surface area contributed by atoms with E-state index in [1.165, 1.54) is 0 Å². The van der Waals surface area contributed by atoms with Gasteiger partial charge in [0.25, 0.3) is 5.91 Å². The molecule has 0 aromatic heterocycles. The Morgan fingerprint density at radius 2 is 1.67 bits per heavy atom. The first-order valence-corrected chi connectivity index (χ1v) is 9.73. The number of nitrogens with zero attached hydrogens (tertiary/aromatic N) is 2. The van der Waals surface area contributed by atoms with Gasteiger partial charge in [-0.25, -0.2) is 4.79 Å². The zero-order valence-corrected chi connectivity index (χ0v) is 16.6. The van der Waals surface area contributed by atoms with Gasteiger partial charge in [0.2, 0.25) is 0 Å². The first kappa shape index (κ1) is 19.5. The highest BCUT2D eigenvalue weighted by Gasteiger charge is 2.47. The Bertz CT molecular complexity index is 711. The molecule has 1 aromatic rings. The zero-order chi connectivity index (χ0) is 19.8. The second-order valence-corrected chi connectivity index (χ2v) is 8.49. The molecule has 2 unspecified atom stereocenters. The van der Waals surface area contributed by atoms with E-state index in [9.17, 15) is 9.59 Å². The van der Waals surface area contributed by atoms with Crippen LogP contribution < -0.4 is 0 Å². The van der Waals surface area contributed by atoms with E-state index in [4.69, 9.17) is 4.74 Å². The summed E-state index contributed by atoms with van der Waals surface area (Å²) in [7, 11) is 0. The van der Waals surface area contributed by atoms with Crippen LogP contribution >= 0.6 is 0 Å². The zero-order valence-electron chi connectivity index (χ0n) is 16.6. The number of carbonyl (C=O) groups is 2. The molecule has 27 heavy (non-hydrogen) atoms. The fraction of sp³-hybridized carbons (Fsp3) is 0.545. The molecule has 3 aliphatic rings. The molecule has 2 amide bonds. The van der Waals surface area contributed by atoms with E-state index in [2.05, 4.69) is 13.2 Å². The Balaban J connectivity index is 0.00000102. The summed E-state index contributed by atoms with van der Waals surface area (Å²) in [5, 5.41) is 0. The third-order valence-corrected chi connectivity index (χ3v) is 5.60. The highest BCUT2D eigenvalue weighted by molar-refractivity contribution is 5.98. The summed E-state index contributed by atoms with van der Waals surface area (Å²) >= 11 is 0. The van der Waals surface area contributed by atoms with E-state index in [0.29, 0.717) is 6.54 Å². The lowest BCUT2D eigenvalue weighted by Crippen LogP contribution is -2.53. The van der Waals surface area contributed by atoms with Crippen molar-refractivity contribution < 1.29 is 14.3 Å². The summed E-state index contributed by atoms with van der Waals surface area (Å²) in [5.41, 5.74) is 1.48. The van der Waals surface area contributed by atoms with E-state index in [1.807, 2.05) is 54.8 Å². The molecule has 1 aromatic carbocycles. The Kier molecular flexibility index (Phi) is 5.31.